The molecule has 4 aliphatic heterocycles. The summed E-state index contributed by atoms with van der Waals surface area (Å²) >= 11 is 0. The van der Waals surface area contributed by atoms with Gasteiger partial charge in [-0.3, -0.25) is 0 Å². The quantitative estimate of drug-likeness (QED) is 0.0459. The fraction of sp³-hybridized carbons (Fsp3) is 0.494. The van der Waals surface area contributed by atoms with Crippen LogP contribution in [0.1, 0.15) is 113 Å². The molecule has 6 aliphatic carbocycles. The van der Waals surface area contributed by atoms with E-state index in [1.807, 2.05) is 172 Å². The average Bonchev–Trinajstić information content (AvgIpc) is 1.53. The maximum Gasteiger partial charge on any atom is 0.339 e. The second-order valence-electron chi connectivity index (χ2n) is 30.0. The molecule has 21 heteroatoms. The van der Waals surface area contributed by atoms with Crippen LogP contribution in [-0.4, -0.2) is 149 Å². The standard InChI is InChI=1S/C42H48NO9.C41H49N2O9/c1-24-21-25(2)42-30(17-18-32-34(42)35(44)26(3)37(38(32)52-42)51-39(45)28-13-7-8-14-28)22-33(48-5)41(47)50-36(24)27(4)49-40(46)31-16-10-9-15-29(31)23-43-19-11-6-12-20-43;1-23-19-24(2)41-29(15-16-31-33(41)34(44)25(3)36(37(31)52-41)51-38(45)27-11-7-8-12-27)20-32(48-6)40(47)50-35(23)26(4)49-39(46)30-14-10-9-13-28(30)21-43-18-17-42(5)22-43/h6-13,15-21,24,26-27,30,32-38,44H,14,22-23H2,1-5H3;7-11,13-19,22-23,25-26,29,31-37,44H,12,20-21H2,1-6H3/q2*+1/b25-21+;24-19+/t24-,26-,27-,30?,32-,33+,34+,35-,36+,37-,38-,42+;23-,25-,26-,29?,31-,32+,33+,34-,35+,36-,37-,41+/m11/s1. The van der Waals surface area contributed by atoms with Gasteiger partial charge in [-0.25, -0.2) is 42.5 Å². The van der Waals surface area contributed by atoms with Gasteiger partial charge >= 0.3 is 35.8 Å². The van der Waals surface area contributed by atoms with Gasteiger partial charge < -0.3 is 57.6 Å². The molecule has 0 amide bonds. The first kappa shape index (κ1) is 73.6. The summed E-state index contributed by atoms with van der Waals surface area (Å²) in [6.07, 6.45) is 25.1. The van der Waals surface area contributed by atoms with Crippen LogP contribution in [0.2, 0.25) is 0 Å². The highest BCUT2D eigenvalue weighted by atomic mass is 16.6. The molecule has 2 spiro atoms. The van der Waals surface area contributed by atoms with Crippen LogP contribution in [0.5, 0.6) is 0 Å². The van der Waals surface area contributed by atoms with Crippen molar-refractivity contribution in [2.45, 2.75) is 179 Å². The third-order valence-electron chi connectivity index (χ3n) is 23.6. The zero-order valence-electron chi connectivity index (χ0n) is 60.9. The van der Waals surface area contributed by atoms with Gasteiger partial charge in [0.05, 0.1) is 30.4 Å². The van der Waals surface area contributed by atoms with E-state index >= 15 is 0 Å². The van der Waals surface area contributed by atoms with Crippen molar-refractivity contribution in [2.24, 2.45) is 66.2 Å². The van der Waals surface area contributed by atoms with Crippen LogP contribution in [0.4, 0.5) is 0 Å². The number of rotatable bonds is 16. The van der Waals surface area contributed by atoms with E-state index in [1.54, 1.807) is 50.3 Å². The molecule has 2 aromatic carbocycles. The largest absolute Gasteiger partial charge is 0.456 e. The van der Waals surface area contributed by atoms with Crippen molar-refractivity contribution >= 4 is 35.8 Å². The number of pyridine rings is 1. The number of carbonyl (C=O) groups is 6. The van der Waals surface area contributed by atoms with Gasteiger partial charge in [0.2, 0.25) is 6.33 Å². The van der Waals surface area contributed by atoms with E-state index in [9.17, 15) is 39.0 Å². The van der Waals surface area contributed by atoms with E-state index in [0.717, 1.165) is 22.3 Å². The average molecular weight is 1420 g/mol. The molecule has 4 fully saturated rings. The SMILES string of the molecule is CO[C@H]1CC2C=C[C@H]3[C@H]4O[C@]2(/C(C)=C/[C@@H](C)[C@@H]([C@@H](C)OC(=O)c2ccccc2C[n+]2ccccc2)OC1=O)[C@@H]3[C@H](O)[C@@H](C)[C@H]4OC(=O)C1=CC=CC1.CO[C@H]1CC2C=C[C@H]3[C@H]4O[C@]2(/C(C)=C/[C@@H](C)[C@@H]([C@@H](C)OC(=O)c2ccccc2Cn2cc[n+](C)c2)OC1=O)[C@@H]3[C@H](O)[C@@H](C)[C@H]4OC(=O)C1=CC=CC1. The second-order valence-corrected chi connectivity index (χ2v) is 30.0. The molecule has 2 unspecified atom stereocenters. The number of aromatic nitrogens is 3. The number of benzene rings is 2. The van der Waals surface area contributed by atoms with Gasteiger partial charge in [-0.1, -0.05) is 143 Å². The summed E-state index contributed by atoms with van der Waals surface area (Å²) in [5, 5.41) is 24.0. The Kier molecular flexibility index (Phi) is 21.5. The lowest BCUT2D eigenvalue weighted by molar-refractivity contribution is -0.688. The van der Waals surface area contributed by atoms with Crippen LogP contribution in [0, 0.1) is 59.2 Å². The molecule has 550 valence electrons. The highest BCUT2D eigenvalue weighted by Crippen LogP contribution is 2.63. The van der Waals surface area contributed by atoms with Crippen molar-refractivity contribution in [2.75, 3.05) is 14.2 Å². The number of methoxy groups -OCH3 is 2. The number of esters is 6. The molecule has 6 heterocycles. The number of allylic oxidation sites excluding steroid dienone is 6. The smallest absolute Gasteiger partial charge is 0.339 e. The van der Waals surface area contributed by atoms with Crippen molar-refractivity contribution < 1.29 is 95.5 Å². The molecule has 2 saturated carbocycles. The van der Waals surface area contributed by atoms with Crippen molar-refractivity contribution in [3.8, 4) is 0 Å². The van der Waals surface area contributed by atoms with Crippen LogP contribution >= 0.6 is 0 Å². The Bertz CT molecular complexity index is 4180. The molecule has 0 radical (unpaired) electrons. The summed E-state index contributed by atoms with van der Waals surface area (Å²) in [5.41, 5.74) is 3.32. The number of cyclic esters (lactones) is 2. The Morgan fingerprint density at radius 2 is 1.06 bits per heavy atom. The first-order valence-electron chi connectivity index (χ1n) is 36.5. The summed E-state index contributed by atoms with van der Waals surface area (Å²) in [4.78, 5) is 81.5. The van der Waals surface area contributed by atoms with E-state index in [4.69, 9.17) is 47.4 Å². The maximum atomic E-state index is 13.8. The minimum Gasteiger partial charge on any atom is -0.456 e. The third-order valence-corrected chi connectivity index (χ3v) is 23.6. The summed E-state index contributed by atoms with van der Waals surface area (Å²) in [6.45, 7) is 16.1. The topological polar surface area (TPSA) is 248 Å². The van der Waals surface area contributed by atoms with Crippen molar-refractivity contribution in [1.29, 1.82) is 0 Å². The number of aliphatic hydroxyl groups excluding tert-OH is 2. The van der Waals surface area contributed by atoms with Crippen LogP contribution in [0.25, 0.3) is 0 Å². The Morgan fingerprint density at radius 1 is 0.606 bits per heavy atom. The highest BCUT2D eigenvalue weighted by Gasteiger charge is 2.71. The van der Waals surface area contributed by atoms with Crippen molar-refractivity contribution in [1.82, 2.24) is 4.57 Å². The number of hydrogen-bond donors (Lipinski definition) is 2. The fourth-order valence-corrected chi connectivity index (χ4v) is 18.4. The number of aryl methyl sites for hydroxylation is 1. The highest BCUT2D eigenvalue weighted by molar-refractivity contribution is 5.92. The Hall–Kier alpha value is -8.70. The van der Waals surface area contributed by atoms with Gasteiger partial charge in [0.25, 0.3) is 0 Å². The molecule has 8 bridgehead atoms. The lowest BCUT2D eigenvalue weighted by Crippen LogP contribution is -2.57. The van der Waals surface area contributed by atoms with E-state index in [2.05, 4.69) is 24.3 Å². The number of aliphatic hydroxyl groups is 2. The molecule has 24 atom stereocenters. The molecule has 10 aliphatic rings. The van der Waals surface area contributed by atoms with Gasteiger partial charge in [-0.15, -0.1) is 0 Å². The predicted molar refractivity (Wildman–Crippen MR) is 378 cm³/mol. The molecular weight excluding hydrogens is 1330 g/mol. The normalized spacial score (nSPS) is 36.5. The molecule has 2 saturated heterocycles. The molecule has 104 heavy (non-hydrogen) atoms. The van der Waals surface area contributed by atoms with E-state index < -0.39 is 144 Å². The minimum absolute atomic E-state index is 0.213. The van der Waals surface area contributed by atoms with Crippen molar-refractivity contribution in [3.63, 3.8) is 0 Å². The summed E-state index contributed by atoms with van der Waals surface area (Å²) in [6, 6.07) is 20.4. The number of nitrogens with zero attached hydrogens (tertiary/aromatic N) is 3. The number of hydrogen-bond acceptors (Lipinski definition) is 18. The lowest BCUT2D eigenvalue weighted by Gasteiger charge is -2.49. The van der Waals surface area contributed by atoms with Crippen LogP contribution in [0.15, 0.2) is 193 Å². The monoisotopic (exact) mass is 1420 g/mol. The molecule has 2 N–H and O–H groups in total. The first-order valence-corrected chi connectivity index (χ1v) is 36.5. The molecule has 4 aromatic rings. The Balaban J connectivity index is 0.000000185. The van der Waals surface area contributed by atoms with Gasteiger partial charge in [-0.05, 0) is 76.7 Å². The maximum absolute atomic E-state index is 13.8. The number of imidazole rings is 1. The Morgan fingerprint density at radius 3 is 1.49 bits per heavy atom. The van der Waals surface area contributed by atoms with Crippen LogP contribution in [0.3, 0.4) is 0 Å². The number of carbonyl (C=O) groups excluding carboxylic acids is 6. The summed E-state index contributed by atoms with van der Waals surface area (Å²) in [7, 11) is 4.88. The molecule has 2 aromatic heterocycles. The third kappa shape index (κ3) is 13.8. The zero-order chi connectivity index (χ0) is 73.6. The van der Waals surface area contributed by atoms with Gasteiger partial charge in [0.15, 0.2) is 31.1 Å². The Labute approximate surface area is 607 Å². The fourth-order valence-electron chi connectivity index (χ4n) is 18.4. The first-order chi connectivity index (χ1) is 49.9. The summed E-state index contributed by atoms with van der Waals surface area (Å²) in [5.74, 6) is -6.43. The van der Waals surface area contributed by atoms with Gasteiger partial charge in [-0.2, -0.15) is 0 Å². The zero-order valence-corrected chi connectivity index (χ0v) is 60.9. The molecule has 14 rings (SSSR count). The van der Waals surface area contributed by atoms with E-state index in [-0.39, 0.29) is 48.3 Å². The van der Waals surface area contributed by atoms with Crippen LogP contribution < -0.4 is 9.13 Å². The van der Waals surface area contributed by atoms with E-state index in [0.29, 0.717) is 48.2 Å². The predicted octanol–water partition coefficient (Wildman–Crippen LogP) is 9.03. The van der Waals surface area contributed by atoms with Gasteiger partial charge in [0.1, 0.15) is 79.0 Å². The lowest BCUT2D eigenvalue weighted by atomic mass is 9.57. The van der Waals surface area contributed by atoms with Gasteiger partial charge in [0, 0.05) is 108 Å². The van der Waals surface area contributed by atoms with Crippen LogP contribution in [-0.2, 0) is 86.7 Å². The van der Waals surface area contributed by atoms with Crippen molar-refractivity contribution in [3.05, 3.63) is 215 Å². The van der Waals surface area contributed by atoms with E-state index in [1.165, 1.54) is 14.2 Å². The summed E-state index contributed by atoms with van der Waals surface area (Å²) < 4.78 is 68.3. The second kappa shape index (κ2) is 30.4. The molecule has 21 nitrogen and oxygen atoms in total. The molecular formula is C83H97N3O18+2. The minimum atomic E-state index is -1.01. The number of ether oxygens (including phenoxy) is 10.